The topological polar surface area (TPSA) is 18.5 Å². The summed E-state index contributed by atoms with van der Waals surface area (Å²) in [6.07, 6.45) is 10.9. The number of rotatable bonds is 6. The maximum absolute atomic E-state index is 5.90. The molecule has 0 N–H and O–H groups in total. The average molecular weight is 424 g/mol. The van der Waals surface area contributed by atoms with Gasteiger partial charge in [-0.2, -0.15) is 0 Å². The molecule has 2 aliphatic rings. The van der Waals surface area contributed by atoms with Gasteiger partial charge < -0.3 is 24.8 Å². The molecular formula is C15H21Cl2O2SiZr. The largest absolute Gasteiger partial charge is 1.00 e. The van der Waals surface area contributed by atoms with E-state index >= 15 is 0 Å². The second kappa shape index (κ2) is 9.52. The smallest absolute Gasteiger partial charge is 1.00 e. The minimum Gasteiger partial charge on any atom is -1.00 e. The Kier molecular flexibility index (Phi) is 9.70. The minimum absolute atomic E-state index is 0. The molecule has 0 spiro atoms. The average Bonchev–Trinajstić information content (AvgIpc) is 2.91. The fourth-order valence-electron chi connectivity index (χ4n) is 2.15. The van der Waals surface area contributed by atoms with Gasteiger partial charge in [0, 0.05) is 0 Å². The van der Waals surface area contributed by atoms with Crippen LogP contribution in [0.3, 0.4) is 0 Å². The van der Waals surface area contributed by atoms with Crippen LogP contribution < -0.4 is 24.8 Å². The Morgan fingerprint density at radius 2 is 1.71 bits per heavy atom. The van der Waals surface area contributed by atoms with Crippen molar-refractivity contribution in [2.75, 3.05) is 13.2 Å². The maximum Gasteiger partial charge on any atom is -1.00 e. The van der Waals surface area contributed by atoms with Crippen molar-refractivity contribution in [3.8, 4) is 0 Å². The fourth-order valence-corrected chi connectivity index (χ4v) is 3.71. The standard InChI is InChI=1S/C15H21O2Si.2ClH.Zr/c1-18(2,3)17-12-11-16-15-10-6-9-14(15)13-7-4-5-8-13;;;/h4,6-7,10H,5,9,11-12H2,1-3H3;2*1H;/q;;;+2/p-2. The summed E-state index contributed by atoms with van der Waals surface area (Å²) in [5.74, 6) is 1.04. The van der Waals surface area contributed by atoms with Crippen LogP contribution in [0.2, 0.25) is 19.6 Å². The van der Waals surface area contributed by atoms with Crippen molar-refractivity contribution in [3.05, 3.63) is 44.5 Å². The van der Waals surface area contributed by atoms with Crippen LogP contribution in [-0.2, 0) is 33.9 Å². The SMILES string of the molecule is C[Si](C)(C)OCCOC1=C(C2=[C]([Zr+2])CC=C2)CC=C1.[Cl-].[Cl-]. The van der Waals surface area contributed by atoms with Gasteiger partial charge in [-0.15, -0.1) is 0 Å². The van der Waals surface area contributed by atoms with E-state index in [4.69, 9.17) is 9.16 Å². The van der Waals surface area contributed by atoms with Crippen molar-refractivity contribution in [1.29, 1.82) is 0 Å². The summed E-state index contributed by atoms with van der Waals surface area (Å²) in [5, 5.41) is 0. The molecule has 0 aliphatic heterocycles. The van der Waals surface area contributed by atoms with Crippen LogP contribution in [0, 0.1) is 0 Å². The molecule has 0 aromatic heterocycles. The number of allylic oxidation sites excluding steroid dienone is 7. The molecule has 0 fully saturated rings. The monoisotopic (exact) mass is 421 g/mol. The van der Waals surface area contributed by atoms with Gasteiger partial charge in [-0.25, -0.2) is 0 Å². The summed E-state index contributed by atoms with van der Waals surface area (Å²) in [6, 6.07) is 0. The molecule has 115 valence electrons. The van der Waals surface area contributed by atoms with Crippen LogP contribution in [0.25, 0.3) is 0 Å². The van der Waals surface area contributed by atoms with Crippen LogP contribution in [0.4, 0.5) is 0 Å². The van der Waals surface area contributed by atoms with E-state index in [2.05, 4.69) is 43.9 Å². The molecule has 0 aromatic carbocycles. The summed E-state index contributed by atoms with van der Waals surface area (Å²) in [7, 11) is -1.42. The molecule has 0 saturated heterocycles. The normalized spacial score (nSPS) is 17.2. The first-order chi connectivity index (χ1) is 8.97. The molecule has 0 amide bonds. The first kappa shape index (κ1) is 21.4. The van der Waals surface area contributed by atoms with E-state index in [-0.39, 0.29) is 24.8 Å². The first-order valence-electron chi connectivity index (χ1n) is 6.75. The Labute approximate surface area is 156 Å². The van der Waals surface area contributed by atoms with Gasteiger partial charge in [0.05, 0.1) is 0 Å². The van der Waals surface area contributed by atoms with Crippen LogP contribution in [0.15, 0.2) is 44.5 Å². The summed E-state index contributed by atoms with van der Waals surface area (Å²) in [4.78, 5) is 0. The van der Waals surface area contributed by atoms with Crippen LogP contribution >= 0.6 is 0 Å². The minimum atomic E-state index is -1.42. The predicted molar refractivity (Wildman–Crippen MR) is 76.8 cm³/mol. The van der Waals surface area contributed by atoms with E-state index in [0.29, 0.717) is 13.2 Å². The van der Waals surface area contributed by atoms with E-state index < -0.39 is 8.32 Å². The molecule has 0 heterocycles. The number of hydrogen-bond donors (Lipinski definition) is 0. The molecule has 2 aliphatic carbocycles. The number of halogens is 2. The molecule has 6 heteroatoms. The Hall–Kier alpha value is 0.400. The Morgan fingerprint density at radius 3 is 2.29 bits per heavy atom. The molecule has 2 nitrogen and oxygen atoms in total. The molecule has 0 atom stereocenters. The molecular weight excluding hydrogens is 402 g/mol. The summed E-state index contributed by atoms with van der Waals surface area (Å²) < 4.78 is 13.3. The van der Waals surface area contributed by atoms with E-state index in [9.17, 15) is 0 Å². The van der Waals surface area contributed by atoms with E-state index in [1.807, 2.05) is 0 Å². The van der Waals surface area contributed by atoms with Crippen LogP contribution in [0.5, 0.6) is 0 Å². The maximum atomic E-state index is 5.90. The third kappa shape index (κ3) is 6.58. The third-order valence-electron chi connectivity index (χ3n) is 3.02. The Morgan fingerprint density at radius 1 is 1.05 bits per heavy atom. The molecule has 0 saturated carbocycles. The second-order valence-electron chi connectivity index (χ2n) is 5.76. The van der Waals surface area contributed by atoms with Gasteiger partial charge in [-0.05, 0) is 0 Å². The van der Waals surface area contributed by atoms with Gasteiger partial charge in [0.25, 0.3) is 0 Å². The van der Waals surface area contributed by atoms with Gasteiger partial charge in [-0.3, -0.25) is 0 Å². The zero-order chi connectivity index (χ0) is 13.9. The second-order valence-corrected chi connectivity index (χ2v) is 11.8. The fraction of sp³-hybridized carbons (Fsp3) is 0.467. The Bertz CT molecular complexity index is 477. The van der Waals surface area contributed by atoms with E-state index in [0.717, 1.165) is 18.6 Å². The van der Waals surface area contributed by atoms with Crippen molar-refractivity contribution in [1.82, 2.24) is 0 Å². The molecule has 2 rings (SSSR count). The molecule has 0 bridgehead atoms. The molecule has 0 aromatic rings. The Balaban J connectivity index is 0.00000200. The zero-order valence-corrected chi connectivity index (χ0v) is 17.7. The third-order valence-corrected chi connectivity index (χ3v) is 5.26. The number of ether oxygens (including phenoxy) is 1. The predicted octanol–water partition coefficient (Wildman–Crippen LogP) is -2.16. The van der Waals surface area contributed by atoms with E-state index in [1.165, 1.54) is 39.1 Å². The van der Waals surface area contributed by atoms with Gasteiger partial charge in [0.15, 0.2) is 0 Å². The molecule has 21 heavy (non-hydrogen) atoms. The van der Waals surface area contributed by atoms with Gasteiger partial charge in [0.1, 0.15) is 0 Å². The summed E-state index contributed by atoms with van der Waals surface area (Å²) in [6.45, 7) is 7.95. The van der Waals surface area contributed by atoms with Crippen molar-refractivity contribution >= 4 is 8.32 Å². The van der Waals surface area contributed by atoms with Crippen LogP contribution in [0.1, 0.15) is 12.8 Å². The van der Waals surface area contributed by atoms with Crippen molar-refractivity contribution < 1.29 is 58.7 Å². The van der Waals surface area contributed by atoms with Gasteiger partial charge >= 0.3 is 132 Å². The van der Waals surface area contributed by atoms with Gasteiger partial charge in [0.2, 0.25) is 0 Å². The molecule has 0 unspecified atom stereocenters. The van der Waals surface area contributed by atoms with Crippen LogP contribution in [-0.4, -0.2) is 21.5 Å². The number of hydrogen-bond acceptors (Lipinski definition) is 2. The molecule has 0 radical (unpaired) electrons. The van der Waals surface area contributed by atoms with Crippen molar-refractivity contribution in [2.45, 2.75) is 32.5 Å². The van der Waals surface area contributed by atoms with Crippen molar-refractivity contribution in [3.63, 3.8) is 0 Å². The van der Waals surface area contributed by atoms with Gasteiger partial charge in [-0.1, -0.05) is 0 Å². The quantitative estimate of drug-likeness (QED) is 0.358. The first-order valence-corrected chi connectivity index (χ1v) is 11.4. The summed E-state index contributed by atoms with van der Waals surface area (Å²) in [5.41, 5.74) is 2.76. The van der Waals surface area contributed by atoms with Crippen molar-refractivity contribution in [2.24, 2.45) is 0 Å². The zero-order valence-electron chi connectivity index (χ0n) is 12.7. The van der Waals surface area contributed by atoms with E-state index in [1.54, 1.807) is 0 Å². The summed E-state index contributed by atoms with van der Waals surface area (Å²) >= 11 is 1.51.